The van der Waals surface area contributed by atoms with E-state index in [1.54, 1.807) is 0 Å². The number of benzene rings is 1. The predicted molar refractivity (Wildman–Crippen MR) is 69.0 cm³/mol. The average Bonchev–Trinajstić information content (AvgIpc) is 2.36. The van der Waals surface area contributed by atoms with Crippen molar-refractivity contribution in [3.8, 4) is 5.75 Å². The highest BCUT2D eigenvalue weighted by atomic mass is 32.2. The van der Waals surface area contributed by atoms with E-state index in [2.05, 4.69) is 9.46 Å². The van der Waals surface area contributed by atoms with Crippen LogP contribution in [0, 0.1) is 5.82 Å². The van der Waals surface area contributed by atoms with Gasteiger partial charge in [-0.2, -0.15) is 8.78 Å². The third-order valence-electron chi connectivity index (χ3n) is 3.39. The molecule has 2 rings (SSSR count). The van der Waals surface area contributed by atoms with Gasteiger partial charge in [0.05, 0.1) is 4.90 Å². The van der Waals surface area contributed by atoms with Crippen molar-refractivity contribution >= 4 is 10.0 Å². The Hall–Kier alpha value is -1.32. The standard InChI is InChI=1S/C12H15F3N2O3S/c13-9-6-8(2-3-10(9)20-11(14)15)21(18,19)17-7-12(16)4-1-5-12/h2-3,6,11,17H,1,4-5,7,16H2. The van der Waals surface area contributed by atoms with Crippen molar-refractivity contribution in [1.29, 1.82) is 0 Å². The smallest absolute Gasteiger partial charge is 0.387 e. The molecule has 0 bridgehead atoms. The van der Waals surface area contributed by atoms with Gasteiger partial charge in [0.2, 0.25) is 10.0 Å². The van der Waals surface area contributed by atoms with E-state index in [1.165, 1.54) is 0 Å². The Labute approximate surface area is 120 Å². The van der Waals surface area contributed by atoms with Gasteiger partial charge in [-0.15, -0.1) is 0 Å². The summed E-state index contributed by atoms with van der Waals surface area (Å²) >= 11 is 0. The molecule has 1 aromatic carbocycles. The number of ether oxygens (including phenoxy) is 1. The third kappa shape index (κ3) is 3.86. The normalized spacial score (nSPS) is 17.6. The lowest BCUT2D eigenvalue weighted by atomic mass is 9.78. The Kier molecular flexibility index (Phi) is 4.45. The molecule has 1 saturated carbocycles. The van der Waals surface area contributed by atoms with Crippen LogP contribution >= 0.6 is 0 Å². The molecule has 5 nitrogen and oxygen atoms in total. The SMILES string of the molecule is NC1(CNS(=O)(=O)c2ccc(OC(F)F)c(F)c2)CCC1. The second-order valence-electron chi connectivity index (χ2n) is 5.01. The van der Waals surface area contributed by atoms with Gasteiger partial charge in [-0.25, -0.2) is 17.5 Å². The van der Waals surface area contributed by atoms with Gasteiger partial charge in [-0.1, -0.05) is 0 Å². The summed E-state index contributed by atoms with van der Waals surface area (Å²) in [6, 6.07) is 2.47. The van der Waals surface area contributed by atoms with Crippen LogP contribution in [0.15, 0.2) is 23.1 Å². The number of halogens is 3. The molecule has 0 aromatic heterocycles. The molecule has 0 atom stereocenters. The molecular weight excluding hydrogens is 309 g/mol. The molecule has 0 spiro atoms. The average molecular weight is 324 g/mol. The maximum Gasteiger partial charge on any atom is 0.387 e. The van der Waals surface area contributed by atoms with E-state index in [0.29, 0.717) is 18.9 Å². The topological polar surface area (TPSA) is 81.4 Å². The highest BCUT2D eigenvalue weighted by molar-refractivity contribution is 7.89. The summed E-state index contributed by atoms with van der Waals surface area (Å²) in [6.07, 6.45) is 2.36. The Morgan fingerprint density at radius 2 is 2.05 bits per heavy atom. The minimum atomic E-state index is -3.95. The molecule has 0 aliphatic heterocycles. The summed E-state index contributed by atoms with van der Waals surface area (Å²) in [6.45, 7) is -3.14. The molecular formula is C12H15F3N2O3S. The fourth-order valence-corrected chi connectivity index (χ4v) is 3.12. The number of nitrogens with two attached hydrogens (primary N) is 1. The number of nitrogens with one attached hydrogen (secondary N) is 1. The first-order chi connectivity index (χ1) is 9.72. The van der Waals surface area contributed by atoms with Crippen LogP contribution in [0.2, 0.25) is 0 Å². The summed E-state index contributed by atoms with van der Waals surface area (Å²) in [5.41, 5.74) is 5.33. The molecule has 0 radical (unpaired) electrons. The van der Waals surface area contributed by atoms with E-state index in [0.717, 1.165) is 18.6 Å². The van der Waals surface area contributed by atoms with Crippen LogP contribution in [0.5, 0.6) is 5.75 Å². The van der Waals surface area contributed by atoms with Crippen molar-refractivity contribution < 1.29 is 26.3 Å². The maximum atomic E-state index is 13.5. The van der Waals surface area contributed by atoms with E-state index in [9.17, 15) is 21.6 Å². The molecule has 1 aliphatic carbocycles. The molecule has 1 fully saturated rings. The number of hydrogen-bond acceptors (Lipinski definition) is 4. The monoisotopic (exact) mass is 324 g/mol. The quantitative estimate of drug-likeness (QED) is 0.832. The van der Waals surface area contributed by atoms with Gasteiger partial charge in [0.1, 0.15) is 0 Å². The lowest BCUT2D eigenvalue weighted by molar-refractivity contribution is -0.0522. The molecule has 3 N–H and O–H groups in total. The molecule has 0 amide bonds. The number of sulfonamides is 1. The van der Waals surface area contributed by atoms with Crippen LogP contribution in [0.25, 0.3) is 0 Å². The highest BCUT2D eigenvalue weighted by Gasteiger charge is 2.33. The van der Waals surface area contributed by atoms with Gasteiger partial charge in [-0.05, 0) is 37.5 Å². The summed E-state index contributed by atoms with van der Waals surface area (Å²) in [5, 5.41) is 0. The molecule has 118 valence electrons. The molecule has 1 aliphatic rings. The predicted octanol–water partition coefficient (Wildman–Crippen LogP) is 1.59. The largest absolute Gasteiger partial charge is 0.432 e. The Balaban J connectivity index is 2.10. The number of hydrogen-bond donors (Lipinski definition) is 2. The summed E-state index contributed by atoms with van der Waals surface area (Å²) in [4.78, 5) is -0.371. The van der Waals surface area contributed by atoms with E-state index in [1.807, 2.05) is 0 Å². The maximum absolute atomic E-state index is 13.5. The summed E-state index contributed by atoms with van der Waals surface area (Å²) in [5.74, 6) is -1.89. The number of rotatable bonds is 6. The zero-order chi connectivity index (χ0) is 15.7. The Morgan fingerprint density at radius 1 is 1.38 bits per heavy atom. The van der Waals surface area contributed by atoms with E-state index in [-0.39, 0.29) is 11.4 Å². The van der Waals surface area contributed by atoms with E-state index in [4.69, 9.17) is 5.73 Å². The van der Waals surface area contributed by atoms with Gasteiger partial charge < -0.3 is 10.5 Å². The fourth-order valence-electron chi connectivity index (χ4n) is 1.97. The second kappa shape index (κ2) is 5.82. The summed E-state index contributed by atoms with van der Waals surface area (Å²) < 4.78 is 67.7. The van der Waals surface area contributed by atoms with Crippen molar-refractivity contribution in [2.75, 3.05) is 6.54 Å². The van der Waals surface area contributed by atoms with Crippen molar-refractivity contribution in [2.24, 2.45) is 5.73 Å². The molecule has 1 aromatic rings. The first kappa shape index (κ1) is 16.1. The minimum Gasteiger partial charge on any atom is -0.432 e. The first-order valence-electron chi connectivity index (χ1n) is 6.25. The molecule has 9 heteroatoms. The number of alkyl halides is 2. The molecule has 0 heterocycles. The van der Waals surface area contributed by atoms with Crippen LogP contribution in [0.3, 0.4) is 0 Å². The zero-order valence-electron chi connectivity index (χ0n) is 11.0. The van der Waals surface area contributed by atoms with Crippen LogP contribution < -0.4 is 15.2 Å². The van der Waals surface area contributed by atoms with Crippen LogP contribution in [0.4, 0.5) is 13.2 Å². The van der Waals surface area contributed by atoms with Crippen LogP contribution in [-0.2, 0) is 10.0 Å². The molecule has 0 saturated heterocycles. The Bertz CT molecular complexity index is 618. The zero-order valence-corrected chi connectivity index (χ0v) is 11.8. The Morgan fingerprint density at radius 3 is 2.52 bits per heavy atom. The van der Waals surface area contributed by atoms with Crippen molar-refractivity contribution in [2.45, 2.75) is 36.3 Å². The van der Waals surface area contributed by atoms with Crippen LogP contribution in [-0.4, -0.2) is 27.1 Å². The molecule has 0 unspecified atom stereocenters. The summed E-state index contributed by atoms with van der Waals surface area (Å²) in [7, 11) is -3.95. The van der Waals surface area contributed by atoms with Gasteiger partial charge in [0, 0.05) is 12.1 Å². The lowest BCUT2D eigenvalue weighted by Crippen LogP contribution is -2.54. The van der Waals surface area contributed by atoms with Gasteiger partial charge in [-0.3, -0.25) is 0 Å². The van der Waals surface area contributed by atoms with Crippen LogP contribution in [0.1, 0.15) is 19.3 Å². The lowest BCUT2D eigenvalue weighted by Gasteiger charge is -2.38. The fraction of sp³-hybridized carbons (Fsp3) is 0.500. The van der Waals surface area contributed by atoms with Crippen molar-refractivity contribution in [3.05, 3.63) is 24.0 Å². The van der Waals surface area contributed by atoms with Crippen molar-refractivity contribution in [1.82, 2.24) is 4.72 Å². The molecule has 21 heavy (non-hydrogen) atoms. The first-order valence-corrected chi connectivity index (χ1v) is 7.73. The highest BCUT2D eigenvalue weighted by Crippen LogP contribution is 2.29. The minimum absolute atomic E-state index is 0.0479. The van der Waals surface area contributed by atoms with Gasteiger partial charge in [0.25, 0.3) is 0 Å². The van der Waals surface area contributed by atoms with Gasteiger partial charge >= 0.3 is 6.61 Å². The van der Waals surface area contributed by atoms with Crippen molar-refractivity contribution in [3.63, 3.8) is 0 Å². The van der Waals surface area contributed by atoms with E-state index < -0.39 is 33.7 Å². The third-order valence-corrected chi connectivity index (χ3v) is 4.79. The van der Waals surface area contributed by atoms with Gasteiger partial charge in [0.15, 0.2) is 11.6 Å². The van der Waals surface area contributed by atoms with E-state index >= 15 is 0 Å². The second-order valence-corrected chi connectivity index (χ2v) is 6.78.